The lowest BCUT2D eigenvalue weighted by Crippen LogP contribution is -2.42. The van der Waals surface area contributed by atoms with Crippen LogP contribution in [0.5, 0.6) is 11.5 Å². The predicted octanol–water partition coefficient (Wildman–Crippen LogP) is 3.05. The van der Waals surface area contributed by atoms with Gasteiger partial charge in [-0.05, 0) is 32.4 Å². The minimum Gasteiger partial charge on any atom is -0.497 e. The number of rotatable bonds is 8. The van der Waals surface area contributed by atoms with Gasteiger partial charge in [-0.25, -0.2) is 4.99 Å². The summed E-state index contributed by atoms with van der Waals surface area (Å²) in [5.41, 5.74) is 0. The van der Waals surface area contributed by atoms with E-state index in [1.165, 1.54) is 0 Å². The van der Waals surface area contributed by atoms with Crippen LogP contribution in [0.1, 0.15) is 27.2 Å². The van der Waals surface area contributed by atoms with Crippen LogP contribution in [0.15, 0.2) is 29.3 Å². The van der Waals surface area contributed by atoms with E-state index in [-0.39, 0.29) is 24.0 Å². The van der Waals surface area contributed by atoms with Crippen molar-refractivity contribution in [3.8, 4) is 11.5 Å². The quantitative estimate of drug-likeness (QED) is 0.293. The zero-order valence-corrected chi connectivity index (χ0v) is 16.2. The summed E-state index contributed by atoms with van der Waals surface area (Å²) in [6.45, 7) is 8.32. The molecule has 0 radical (unpaired) electrons. The molecule has 0 spiro atoms. The number of nitrogens with zero attached hydrogens (tertiary/aromatic N) is 1. The van der Waals surface area contributed by atoms with Crippen LogP contribution in [0.2, 0.25) is 0 Å². The standard InChI is InChI=1S/C16H27N3O2.HI/c1-5-13(3)19-16(17-6-2)18-10-11-21-15-9-7-8-14(12-15)20-4;/h7-9,12-13H,5-6,10-11H2,1-4H3,(H2,17,18,19);1H. The highest BCUT2D eigenvalue weighted by Crippen LogP contribution is 2.18. The van der Waals surface area contributed by atoms with E-state index in [1.807, 2.05) is 24.3 Å². The summed E-state index contributed by atoms with van der Waals surface area (Å²) in [5.74, 6) is 2.42. The van der Waals surface area contributed by atoms with Gasteiger partial charge in [0.1, 0.15) is 18.1 Å². The highest BCUT2D eigenvalue weighted by atomic mass is 127. The first-order chi connectivity index (χ1) is 10.2. The van der Waals surface area contributed by atoms with Crippen LogP contribution in [-0.2, 0) is 0 Å². The van der Waals surface area contributed by atoms with Gasteiger partial charge in [0.2, 0.25) is 0 Å². The zero-order valence-electron chi connectivity index (χ0n) is 13.9. The second-order valence-corrected chi connectivity index (χ2v) is 4.74. The molecule has 0 aromatic heterocycles. The smallest absolute Gasteiger partial charge is 0.191 e. The molecule has 0 saturated heterocycles. The Hall–Kier alpha value is -1.18. The molecule has 0 heterocycles. The number of hydrogen-bond donors (Lipinski definition) is 2. The molecule has 0 aliphatic rings. The second-order valence-electron chi connectivity index (χ2n) is 4.74. The van der Waals surface area contributed by atoms with E-state index in [4.69, 9.17) is 9.47 Å². The first-order valence-electron chi connectivity index (χ1n) is 7.51. The molecule has 2 N–H and O–H groups in total. The molecule has 1 aromatic carbocycles. The van der Waals surface area contributed by atoms with Gasteiger partial charge in [-0.2, -0.15) is 0 Å². The van der Waals surface area contributed by atoms with Crippen molar-refractivity contribution in [1.82, 2.24) is 10.6 Å². The van der Waals surface area contributed by atoms with Gasteiger partial charge < -0.3 is 20.1 Å². The molecule has 0 amide bonds. The maximum Gasteiger partial charge on any atom is 0.191 e. The Morgan fingerprint density at radius 2 is 2.00 bits per heavy atom. The topological polar surface area (TPSA) is 54.9 Å². The van der Waals surface area contributed by atoms with Crippen molar-refractivity contribution in [3.05, 3.63) is 24.3 Å². The largest absolute Gasteiger partial charge is 0.497 e. The van der Waals surface area contributed by atoms with Crippen molar-refractivity contribution in [2.45, 2.75) is 33.2 Å². The molecule has 0 bridgehead atoms. The summed E-state index contributed by atoms with van der Waals surface area (Å²) in [5, 5.41) is 6.58. The lowest BCUT2D eigenvalue weighted by atomic mass is 10.3. The van der Waals surface area contributed by atoms with Gasteiger partial charge in [0, 0.05) is 18.7 Å². The highest BCUT2D eigenvalue weighted by Gasteiger charge is 2.02. The molecule has 1 rings (SSSR count). The minimum atomic E-state index is 0. The summed E-state index contributed by atoms with van der Waals surface area (Å²) < 4.78 is 10.8. The van der Waals surface area contributed by atoms with Crippen molar-refractivity contribution < 1.29 is 9.47 Å². The molecule has 0 aliphatic heterocycles. The van der Waals surface area contributed by atoms with Crippen LogP contribution in [0, 0.1) is 0 Å². The van der Waals surface area contributed by atoms with E-state index in [0.717, 1.165) is 30.4 Å². The van der Waals surface area contributed by atoms with E-state index in [1.54, 1.807) is 7.11 Å². The molecule has 1 aromatic rings. The molecule has 22 heavy (non-hydrogen) atoms. The molecule has 1 atom stereocenters. The normalized spacial score (nSPS) is 12.1. The fourth-order valence-corrected chi connectivity index (χ4v) is 1.67. The molecule has 1 unspecified atom stereocenters. The monoisotopic (exact) mass is 421 g/mol. The van der Waals surface area contributed by atoms with Crippen molar-refractivity contribution in [2.24, 2.45) is 4.99 Å². The average Bonchev–Trinajstić information content (AvgIpc) is 2.51. The highest BCUT2D eigenvalue weighted by molar-refractivity contribution is 14.0. The average molecular weight is 421 g/mol. The van der Waals surface area contributed by atoms with Gasteiger partial charge >= 0.3 is 0 Å². The Labute approximate surface area is 150 Å². The summed E-state index contributed by atoms with van der Waals surface area (Å²) in [4.78, 5) is 4.50. The van der Waals surface area contributed by atoms with E-state index >= 15 is 0 Å². The lowest BCUT2D eigenvalue weighted by Gasteiger charge is -2.16. The molecule has 0 fully saturated rings. The number of hydrogen-bond acceptors (Lipinski definition) is 3. The number of methoxy groups -OCH3 is 1. The van der Waals surface area contributed by atoms with Gasteiger partial charge in [0.15, 0.2) is 5.96 Å². The summed E-state index contributed by atoms with van der Waals surface area (Å²) in [6, 6.07) is 7.99. The third-order valence-electron chi connectivity index (χ3n) is 3.01. The van der Waals surface area contributed by atoms with Crippen molar-refractivity contribution >= 4 is 29.9 Å². The number of nitrogens with one attached hydrogen (secondary N) is 2. The Morgan fingerprint density at radius 3 is 2.64 bits per heavy atom. The minimum absolute atomic E-state index is 0. The SMILES string of the molecule is CCNC(=NCCOc1cccc(OC)c1)NC(C)CC.I. The Bertz CT molecular complexity index is 441. The Balaban J connectivity index is 0.00000441. The van der Waals surface area contributed by atoms with Crippen LogP contribution >= 0.6 is 24.0 Å². The van der Waals surface area contributed by atoms with Crippen molar-refractivity contribution in [3.63, 3.8) is 0 Å². The summed E-state index contributed by atoms with van der Waals surface area (Å²) >= 11 is 0. The fourth-order valence-electron chi connectivity index (χ4n) is 1.67. The summed E-state index contributed by atoms with van der Waals surface area (Å²) in [6.07, 6.45) is 1.06. The van der Waals surface area contributed by atoms with Gasteiger partial charge in [0.25, 0.3) is 0 Å². The number of ether oxygens (including phenoxy) is 2. The van der Waals surface area contributed by atoms with Gasteiger partial charge in [0.05, 0.1) is 13.7 Å². The molecule has 0 aliphatic carbocycles. The Kier molecular flexibility index (Phi) is 11.7. The lowest BCUT2D eigenvalue weighted by molar-refractivity contribution is 0.325. The van der Waals surface area contributed by atoms with Crippen molar-refractivity contribution in [2.75, 3.05) is 26.8 Å². The van der Waals surface area contributed by atoms with Gasteiger partial charge in [-0.15, -0.1) is 24.0 Å². The first kappa shape index (κ1) is 20.8. The molecular formula is C16H28IN3O2. The van der Waals surface area contributed by atoms with E-state index in [0.29, 0.717) is 19.2 Å². The van der Waals surface area contributed by atoms with Crippen LogP contribution < -0.4 is 20.1 Å². The van der Waals surface area contributed by atoms with Crippen LogP contribution in [-0.4, -0.2) is 38.8 Å². The fraction of sp³-hybridized carbons (Fsp3) is 0.562. The van der Waals surface area contributed by atoms with Crippen LogP contribution in [0.4, 0.5) is 0 Å². The molecule has 126 valence electrons. The van der Waals surface area contributed by atoms with E-state index in [2.05, 4.69) is 36.4 Å². The van der Waals surface area contributed by atoms with E-state index < -0.39 is 0 Å². The molecule has 5 nitrogen and oxygen atoms in total. The molecule has 0 saturated carbocycles. The predicted molar refractivity (Wildman–Crippen MR) is 103 cm³/mol. The Morgan fingerprint density at radius 1 is 1.27 bits per heavy atom. The van der Waals surface area contributed by atoms with Crippen molar-refractivity contribution in [1.29, 1.82) is 0 Å². The molecular weight excluding hydrogens is 393 g/mol. The zero-order chi connectivity index (χ0) is 15.5. The van der Waals surface area contributed by atoms with Crippen LogP contribution in [0.3, 0.4) is 0 Å². The second kappa shape index (κ2) is 12.4. The maximum absolute atomic E-state index is 5.67. The third-order valence-corrected chi connectivity index (χ3v) is 3.01. The molecule has 6 heteroatoms. The van der Waals surface area contributed by atoms with E-state index in [9.17, 15) is 0 Å². The summed E-state index contributed by atoms with van der Waals surface area (Å²) in [7, 11) is 1.65. The maximum atomic E-state index is 5.67. The van der Waals surface area contributed by atoms with Gasteiger partial charge in [-0.3, -0.25) is 0 Å². The number of benzene rings is 1. The van der Waals surface area contributed by atoms with Gasteiger partial charge in [-0.1, -0.05) is 13.0 Å². The number of aliphatic imine (C=N–C) groups is 1. The first-order valence-corrected chi connectivity index (χ1v) is 7.51. The number of halogens is 1. The number of guanidine groups is 1. The van der Waals surface area contributed by atoms with Crippen LogP contribution in [0.25, 0.3) is 0 Å². The third kappa shape index (κ3) is 8.31.